The van der Waals surface area contributed by atoms with Crippen LogP contribution in [0.2, 0.25) is 0 Å². The van der Waals surface area contributed by atoms with Crippen molar-refractivity contribution >= 4 is 45.6 Å². The predicted molar refractivity (Wildman–Crippen MR) is 151 cm³/mol. The highest BCUT2D eigenvalue weighted by molar-refractivity contribution is 6.09. The molecule has 0 bridgehead atoms. The summed E-state index contributed by atoms with van der Waals surface area (Å²) < 4.78 is 22.9. The van der Waals surface area contributed by atoms with Crippen LogP contribution in [0.5, 0.6) is 17.2 Å². The summed E-state index contributed by atoms with van der Waals surface area (Å²) in [5.41, 5.74) is 10.1. The highest BCUT2D eigenvalue weighted by atomic mass is 16.5. The zero-order valence-corrected chi connectivity index (χ0v) is 22.3. The number of rotatable bonds is 8. The van der Waals surface area contributed by atoms with Gasteiger partial charge < -0.3 is 30.0 Å². The molecule has 0 spiro atoms. The first-order valence-corrected chi connectivity index (χ1v) is 12.4. The van der Waals surface area contributed by atoms with Gasteiger partial charge >= 0.3 is 5.97 Å². The Balaban J connectivity index is 1.52. The molecule has 0 aliphatic heterocycles. The number of carbonyl (C=O) groups is 2. The maximum Gasteiger partial charge on any atom is 0.344 e. The Labute approximate surface area is 229 Å². The molecule has 5 aromatic rings. The number of amides is 1. The third-order valence-corrected chi connectivity index (χ3v) is 6.29. The summed E-state index contributed by atoms with van der Waals surface area (Å²) in [5, 5.41) is 2.86. The number of nitrogens with two attached hydrogens (primary N) is 1. The summed E-state index contributed by atoms with van der Waals surface area (Å²) in [4.78, 5) is 35.3. The molecule has 0 atom stereocenters. The quantitative estimate of drug-likeness (QED) is 0.270. The second kappa shape index (κ2) is 10.8. The molecule has 1 amide bonds. The lowest BCUT2D eigenvalue weighted by atomic mass is 10.1. The minimum absolute atomic E-state index is 0.148. The molecule has 2 heterocycles. The minimum atomic E-state index is -0.581. The van der Waals surface area contributed by atoms with Crippen molar-refractivity contribution in [2.45, 2.75) is 6.92 Å². The highest BCUT2D eigenvalue weighted by Crippen LogP contribution is 2.38. The summed E-state index contributed by atoms with van der Waals surface area (Å²) in [6.07, 6.45) is 0. The van der Waals surface area contributed by atoms with Crippen LogP contribution in [0.1, 0.15) is 27.6 Å². The first kappa shape index (κ1) is 26.3. The van der Waals surface area contributed by atoms with E-state index in [1.807, 2.05) is 24.3 Å². The van der Waals surface area contributed by atoms with Crippen LogP contribution >= 0.6 is 0 Å². The second-order valence-electron chi connectivity index (χ2n) is 8.62. The van der Waals surface area contributed by atoms with Gasteiger partial charge in [-0.05, 0) is 55.5 Å². The van der Waals surface area contributed by atoms with Gasteiger partial charge in [0, 0.05) is 16.9 Å². The van der Waals surface area contributed by atoms with E-state index in [1.165, 1.54) is 21.3 Å². The summed E-state index contributed by atoms with van der Waals surface area (Å²) in [5.74, 6) is 0.313. The number of aromatic nitrogens is 3. The van der Waals surface area contributed by atoms with E-state index in [0.717, 1.165) is 0 Å². The molecule has 204 valence electrons. The molecule has 3 N–H and O–H groups in total. The number of nitrogen functional groups attached to an aromatic ring is 1. The molecule has 0 aliphatic carbocycles. The molecule has 0 saturated heterocycles. The Morgan fingerprint density at radius 2 is 1.52 bits per heavy atom. The maximum atomic E-state index is 13.0. The van der Waals surface area contributed by atoms with Crippen LogP contribution in [0.25, 0.3) is 27.9 Å². The number of carbonyl (C=O) groups excluding carboxylic acids is 2. The average Bonchev–Trinajstić information content (AvgIpc) is 3.25. The summed E-state index contributed by atoms with van der Waals surface area (Å²) >= 11 is 0. The summed E-state index contributed by atoms with van der Waals surface area (Å²) in [6, 6.07) is 17.4. The van der Waals surface area contributed by atoms with E-state index in [-0.39, 0.29) is 23.9 Å². The van der Waals surface area contributed by atoms with Crippen molar-refractivity contribution in [2.75, 3.05) is 39.0 Å². The van der Waals surface area contributed by atoms with E-state index in [1.54, 1.807) is 47.9 Å². The van der Waals surface area contributed by atoms with E-state index < -0.39 is 5.97 Å². The van der Waals surface area contributed by atoms with Crippen molar-refractivity contribution in [2.24, 2.45) is 0 Å². The van der Waals surface area contributed by atoms with E-state index in [9.17, 15) is 9.59 Å². The van der Waals surface area contributed by atoms with E-state index in [2.05, 4.69) is 10.3 Å². The highest BCUT2D eigenvalue weighted by Gasteiger charge is 2.26. The van der Waals surface area contributed by atoms with Crippen LogP contribution in [0.3, 0.4) is 0 Å². The van der Waals surface area contributed by atoms with Crippen molar-refractivity contribution < 1.29 is 28.5 Å². The van der Waals surface area contributed by atoms with Gasteiger partial charge in [-0.2, -0.15) is 0 Å². The van der Waals surface area contributed by atoms with Gasteiger partial charge in [0.05, 0.1) is 39.0 Å². The lowest BCUT2D eigenvalue weighted by molar-refractivity contribution is 0.0529. The van der Waals surface area contributed by atoms with E-state index in [0.29, 0.717) is 56.4 Å². The van der Waals surface area contributed by atoms with Crippen LogP contribution in [0, 0.1) is 0 Å². The molecular weight excluding hydrogens is 514 g/mol. The van der Waals surface area contributed by atoms with E-state index >= 15 is 0 Å². The number of para-hydroxylation sites is 2. The van der Waals surface area contributed by atoms with Crippen LogP contribution in [-0.4, -0.2) is 54.3 Å². The van der Waals surface area contributed by atoms with Gasteiger partial charge in [0.25, 0.3) is 5.91 Å². The average molecular weight is 542 g/mol. The van der Waals surface area contributed by atoms with E-state index in [4.69, 9.17) is 29.7 Å². The summed E-state index contributed by atoms with van der Waals surface area (Å²) in [6.45, 7) is 1.91. The zero-order chi connectivity index (χ0) is 28.4. The molecule has 11 heteroatoms. The number of fused-ring (bicyclic) bond motifs is 2. The van der Waals surface area contributed by atoms with Crippen molar-refractivity contribution in [3.8, 4) is 22.9 Å². The Bertz CT molecular complexity index is 1720. The standard InChI is InChI=1S/C29H27N5O6/c1-5-40-29(36)23-24-27(33-20-9-7-6-8-19(20)32-24)34(26(23)30)18-12-10-17(11-13-18)31-28(35)16-14-21(37-2)25(39-4)22(15-16)38-3/h6-15H,5,30H2,1-4H3,(H,31,35). The molecular formula is C29H27N5O6. The zero-order valence-electron chi connectivity index (χ0n) is 22.3. The topological polar surface area (TPSA) is 140 Å². The number of hydrogen-bond donors (Lipinski definition) is 2. The van der Waals surface area contributed by atoms with Crippen LogP contribution in [-0.2, 0) is 4.74 Å². The number of anilines is 2. The van der Waals surface area contributed by atoms with Crippen LogP contribution in [0.4, 0.5) is 11.5 Å². The molecule has 40 heavy (non-hydrogen) atoms. The molecule has 2 aromatic heterocycles. The minimum Gasteiger partial charge on any atom is -0.493 e. The third kappa shape index (κ3) is 4.57. The lowest BCUT2D eigenvalue weighted by Gasteiger charge is -2.14. The van der Waals surface area contributed by atoms with Crippen molar-refractivity contribution in [1.29, 1.82) is 0 Å². The van der Waals surface area contributed by atoms with Crippen molar-refractivity contribution in [1.82, 2.24) is 14.5 Å². The van der Waals surface area contributed by atoms with Crippen molar-refractivity contribution in [3.63, 3.8) is 0 Å². The Kier molecular flexibility index (Phi) is 7.11. The molecule has 11 nitrogen and oxygen atoms in total. The largest absolute Gasteiger partial charge is 0.493 e. The molecule has 5 rings (SSSR count). The summed E-state index contributed by atoms with van der Waals surface area (Å²) in [7, 11) is 4.45. The number of methoxy groups -OCH3 is 3. The fraction of sp³-hybridized carbons (Fsp3) is 0.172. The van der Waals surface area contributed by atoms with Gasteiger partial charge in [-0.3, -0.25) is 9.36 Å². The second-order valence-corrected chi connectivity index (χ2v) is 8.62. The number of esters is 1. The molecule has 0 aliphatic rings. The first-order valence-electron chi connectivity index (χ1n) is 12.4. The molecule has 0 unspecified atom stereocenters. The third-order valence-electron chi connectivity index (χ3n) is 6.29. The van der Waals surface area contributed by atoms with Gasteiger partial charge in [-0.15, -0.1) is 0 Å². The monoisotopic (exact) mass is 541 g/mol. The molecule has 0 fully saturated rings. The van der Waals surface area contributed by atoms with Gasteiger partial charge in [0.15, 0.2) is 17.1 Å². The number of nitrogens with zero attached hydrogens (tertiary/aromatic N) is 3. The molecule has 3 aromatic carbocycles. The predicted octanol–water partition coefficient (Wildman–Crippen LogP) is 4.61. The van der Waals surface area contributed by atoms with Gasteiger partial charge in [-0.1, -0.05) is 12.1 Å². The van der Waals surface area contributed by atoms with Crippen LogP contribution < -0.4 is 25.3 Å². The number of hydrogen-bond acceptors (Lipinski definition) is 9. The molecule has 0 radical (unpaired) electrons. The normalized spacial score (nSPS) is 10.9. The van der Waals surface area contributed by atoms with Crippen LogP contribution in [0.15, 0.2) is 60.7 Å². The molecule has 0 saturated carbocycles. The number of ether oxygens (including phenoxy) is 4. The Hall–Kier alpha value is -5.32. The fourth-order valence-electron chi connectivity index (χ4n) is 4.44. The Morgan fingerprint density at radius 3 is 2.10 bits per heavy atom. The maximum absolute atomic E-state index is 13.0. The SMILES string of the molecule is CCOC(=O)c1c(N)n(-c2ccc(NC(=O)c3cc(OC)c(OC)c(OC)c3)cc2)c2nc3ccccc3nc12. The van der Waals surface area contributed by atoms with Gasteiger partial charge in [0.2, 0.25) is 5.75 Å². The smallest absolute Gasteiger partial charge is 0.344 e. The van der Waals surface area contributed by atoms with Crippen molar-refractivity contribution in [3.05, 3.63) is 71.8 Å². The van der Waals surface area contributed by atoms with Gasteiger partial charge in [0.1, 0.15) is 16.9 Å². The number of benzene rings is 3. The van der Waals surface area contributed by atoms with Gasteiger partial charge in [-0.25, -0.2) is 14.8 Å². The lowest BCUT2D eigenvalue weighted by Crippen LogP contribution is -2.13. The first-order chi connectivity index (χ1) is 19.4. The fourth-order valence-corrected chi connectivity index (χ4v) is 4.44. The number of nitrogens with one attached hydrogen (secondary N) is 1. The Morgan fingerprint density at radius 1 is 0.900 bits per heavy atom.